The van der Waals surface area contributed by atoms with Crippen LogP contribution in [0.4, 0.5) is 0 Å². The lowest BCUT2D eigenvalue weighted by Crippen LogP contribution is -2.52. The molecule has 1 aliphatic rings. The number of carboxylic acid groups (broad SMARTS) is 1. The van der Waals surface area contributed by atoms with E-state index in [1.165, 1.54) is 12.0 Å². The lowest BCUT2D eigenvalue weighted by atomic mass is 10.2. The third-order valence-electron chi connectivity index (χ3n) is 3.25. The van der Waals surface area contributed by atoms with Gasteiger partial charge >= 0.3 is 11.9 Å². The number of carboxylic acids is 1. The molecule has 0 saturated carbocycles. The molecule has 1 aliphatic heterocycles. The molecule has 0 aromatic rings. The van der Waals surface area contributed by atoms with Gasteiger partial charge in [-0.15, -0.1) is 0 Å². The highest BCUT2D eigenvalue weighted by molar-refractivity contribution is 5.88. The van der Waals surface area contributed by atoms with Crippen LogP contribution in [0.2, 0.25) is 0 Å². The van der Waals surface area contributed by atoms with E-state index < -0.39 is 30.1 Å². The molecule has 0 spiro atoms. The van der Waals surface area contributed by atoms with E-state index in [0.29, 0.717) is 19.4 Å². The summed E-state index contributed by atoms with van der Waals surface area (Å²) >= 11 is 0. The molecule has 0 aromatic carbocycles. The van der Waals surface area contributed by atoms with Crippen molar-refractivity contribution in [1.29, 1.82) is 0 Å². The summed E-state index contributed by atoms with van der Waals surface area (Å²) in [6.45, 7) is 3.64. The van der Waals surface area contributed by atoms with E-state index in [2.05, 4.69) is 10.1 Å². The second-order valence-corrected chi connectivity index (χ2v) is 4.66. The van der Waals surface area contributed by atoms with Gasteiger partial charge in [0.25, 0.3) is 0 Å². The molecule has 7 heteroatoms. The number of aliphatic carboxylic acids is 1. The Hall–Kier alpha value is -1.63. The van der Waals surface area contributed by atoms with Gasteiger partial charge in [0.15, 0.2) is 0 Å². The van der Waals surface area contributed by atoms with Crippen LogP contribution in [-0.4, -0.2) is 59.6 Å². The van der Waals surface area contributed by atoms with Gasteiger partial charge in [0.1, 0.15) is 12.1 Å². The summed E-state index contributed by atoms with van der Waals surface area (Å²) in [4.78, 5) is 35.8. The molecule has 7 nitrogen and oxygen atoms in total. The maximum Gasteiger partial charge on any atom is 0.326 e. The number of hydrogen-bond acceptors (Lipinski definition) is 5. The van der Waals surface area contributed by atoms with Gasteiger partial charge in [0.2, 0.25) is 5.91 Å². The average Bonchev–Trinajstić information content (AvgIpc) is 2.85. The van der Waals surface area contributed by atoms with E-state index in [-0.39, 0.29) is 5.91 Å². The standard InChI is InChI=1S/C12H20N2O5/c1-7(13-8(2)12(18)19-3)10(15)14-6-4-5-9(14)11(16)17/h7-9,13H,4-6H2,1-3H3,(H,16,17)/t7?,8?,9-/m0/s1. The van der Waals surface area contributed by atoms with E-state index in [4.69, 9.17) is 5.11 Å². The second kappa shape index (κ2) is 6.51. The molecule has 108 valence electrons. The number of rotatable bonds is 5. The molecule has 1 fully saturated rings. The molecule has 3 atom stereocenters. The van der Waals surface area contributed by atoms with Crippen LogP contribution in [0.15, 0.2) is 0 Å². The lowest BCUT2D eigenvalue weighted by Gasteiger charge is -2.26. The number of ether oxygens (including phenoxy) is 1. The maximum atomic E-state index is 12.2. The Morgan fingerprint density at radius 3 is 2.47 bits per heavy atom. The van der Waals surface area contributed by atoms with Crippen molar-refractivity contribution in [3.8, 4) is 0 Å². The molecule has 19 heavy (non-hydrogen) atoms. The summed E-state index contributed by atoms with van der Waals surface area (Å²) in [5.41, 5.74) is 0. The number of esters is 1. The first-order valence-electron chi connectivity index (χ1n) is 6.25. The number of methoxy groups -OCH3 is 1. The fourth-order valence-electron chi connectivity index (χ4n) is 2.23. The van der Waals surface area contributed by atoms with E-state index >= 15 is 0 Å². The molecular weight excluding hydrogens is 252 g/mol. The summed E-state index contributed by atoms with van der Waals surface area (Å²) in [5.74, 6) is -1.75. The molecule has 0 aromatic heterocycles. The van der Waals surface area contributed by atoms with Gasteiger partial charge in [0, 0.05) is 6.54 Å². The zero-order valence-corrected chi connectivity index (χ0v) is 11.4. The van der Waals surface area contributed by atoms with Crippen molar-refractivity contribution in [2.45, 2.75) is 44.8 Å². The Morgan fingerprint density at radius 2 is 1.95 bits per heavy atom. The van der Waals surface area contributed by atoms with E-state index in [1.54, 1.807) is 13.8 Å². The number of likely N-dealkylation sites (tertiary alicyclic amines) is 1. The first-order chi connectivity index (χ1) is 8.88. The van der Waals surface area contributed by atoms with Crippen molar-refractivity contribution in [1.82, 2.24) is 10.2 Å². The van der Waals surface area contributed by atoms with Gasteiger partial charge in [-0.25, -0.2) is 4.79 Å². The first-order valence-corrected chi connectivity index (χ1v) is 6.25. The van der Waals surface area contributed by atoms with Crippen molar-refractivity contribution in [3.05, 3.63) is 0 Å². The van der Waals surface area contributed by atoms with Crippen molar-refractivity contribution < 1.29 is 24.2 Å². The Morgan fingerprint density at radius 1 is 1.32 bits per heavy atom. The highest BCUT2D eigenvalue weighted by Gasteiger charge is 2.36. The van der Waals surface area contributed by atoms with Crippen LogP contribution in [0, 0.1) is 0 Å². The fourth-order valence-corrected chi connectivity index (χ4v) is 2.23. The highest BCUT2D eigenvalue weighted by atomic mass is 16.5. The maximum absolute atomic E-state index is 12.2. The number of amides is 1. The van der Waals surface area contributed by atoms with Crippen molar-refractivity contribution in [2.75, 3.05) is 13.7 Å². The predicted octanol–water partition coefficient (Wildman–Crippen LogP) is -0.398. The van der Waals surface area contributed by atoms with Gasteiger partial charge in [-0.3, -0.25) is 14.9 Å². The fraction of sp³-hybridized carbons (Fsp3) is 0.750. The Labute approximate surface area is 111 Å². The van der Waals surface area contributed by atoms with E-state index in [1.807, 2.05) is 0 Å². The predicted molar refractivity (Wildman–Crippen MR) is 66.4 cm³/mol. The summed E-state index contributed by atoms with van der Waals surface area (Å²) in [6.07, 6.45) is 1.16. The van der Waals surface area contributed by atoms with Crippen LogP contribution in [0.3, 0.4) is 0 Å². The monoisotopic (exact) mass is 272 g/mol. The molecule has 0 bridgehead atoms. The van der Waals surface area contributed by atoms with Crippen LogP contribution >= 0.6 is 0 Å². The minimum Gasteiger partial charge on any atom is -0.480 e. The van der Waals surface area contributed by atoms with Crippen LogP contribution in [0.5, 0.6) is 0 Å². The van der Waals surface area contributed by atoms with Gasteiger partial charge in [-0.2, -0.15) is 0 Å². The van der Waals surface area contributed by atoms with E-state index in [0.717, 1.165) is 0 Å². The van der Waals surface area contributed by atoms with Gasteiger partial charge in [0.05, 0.1) is 13.2 Å². The number of nitrogens with zero attached hydrogens (tertiary/aromatic N) is 1. The van der Waals surface area contributed by atoms with Gasteiger partial charge < -0.3 is 14.7 Å². The quantitative estimate of drug-likeness (QED) is 0.661. The molecule has 0 aliphatic carbocycles. The molecule has 2 unspecified atom stereocenters. The minimum atomic E-state index is -0.987. The van der Waals surface area contributed by atoms with Crippen molar-refractivity contribution in [2.24, 2.45) is 0 Å². The third-order valence-corrected chi connectivity index (χ3v) is 3.25. The first kappa shape index (κ1) is 15.4. The number of hydrogen-bond donors (Lipinski definition) is 2. The van der Waals surface area contributed by atoms with Crippen molar-refractivity contribution in [3.63, 3.8) is 0 Å². The smallest absolute Gasteiger partial charge is 0.326 e. The summed E-state index contributed by atoms with van der Waals surface area (Å²) in [7, 11) is 1.27. The van der Waals surface area contributed by atoms with Crippen LogP contribution < -0.4 is 5.32 Å². The minimum absolute atomic E-state index is 0.305. The Bertz CT molecular complexity index is 371. The van der Waals surface area contributed by atoms with Crippen molar-refractivity contribution >= 4 is 17.8 Å². The Balaban J connectivity index is 2.61. The highest BCUT2D eigenvalue weighted by Crippen LogP contribution is 2.18. The Kier molecular flexibility index (Phi) is 5.29. The topological polar surface area (TPSA) is 95.9 Å². The van der Waals surface area contributed by atoms with Gasteiger partial charge in [-0.1, -0.05) is 0 Å². The normalized spacial score (nSPS) is 21.8. The van der Waals surface area contributed by atoms with Crippen LogP contribution in [0.25, 0.3) is 0 Å². The average molecular weight is 272 g/mol. The lowest BCUT2D eigenvalue weighted by molar-refractivity contribution is -0.149. The van der Waals surface area contributed by atoms with E-state index in [9.17, 15) is 14.4 Å². The molecule has 2 N–H and O–H groups in total. The second-order valence-electron chi connectivity index (χ2n) is 4.66. The molecule has 1 rings (SSSR count). The summed E-state index contributed by atoms with van der Waals surface area (Å²) in [6, 6.07) is -2.01. The molecule has 1 amide bonds. The zero-order chi connectivity index (χ0) is 14.6. The zero-order valence-electron chi connectivity index (χ0n) is 11.4. The largest absolute Gasteiger partial charge is 0.480 e. The summed E-state index contributed by atoms with van der Waals surface area (Å²) < 4.78 is 4.56. The summed E-state index contributed by atoms with van der Waals surface area (Å²) in [5, 5.41) is 11.8. The van der Waals surface area contributed by atoms with Crippen LogP contribution in [0.1, 0.15) is 26.7 Å². The number of carbonyl (C=O) groups is 3. The third kappa shape index (κ3) is 3.66. The molecule has 0 radical (unpaired) electrons. The molecular formula is C12H20N2O5. The molecule has 1 saturated heterocycles. The number of nitrogens with one attached hydrogen (secondary N) is 1. The molecule has 1 heterocycles. The number of carbonyl (C=O) groups excluding carboxylic acids is 2. The SMILES string of the molecule is COC(=O)C(C)NC(C)C(=O)N1CCC[C@H]1C(=O)O. The van der Waals surface area contributed by atoms with Crippen LogP contribution in [-0.2, 0) is 19.1 Å². The van der Waals surface area contributed by atoms with Gasteiger partial charge in [-0.05, 0) is 26.7 Å².